The predicted molar refractivity (Wildman–Crippen MR) is 101 cm³/mol. The van der Waals surface area contributed by atoms with Gasteiger partial charge in [0.1, 0.15) is 5.75 Å². The van der Waals surface area contributed by atoms with Gasteiger partial charge in [0.15, 0.2) is 0 Å². The molecule has 1 unspecified atom stereocenters. The average Bonchev–Trinajstić information content (AvgIpc) is 2.92. The van der Waals surface area contributed by atoms with Gasteiger partial charge in [-0.2, -0.15) is 0 Å². The van der Waals surface area contributed by atoms with E-state index in [0.717, 1.165) is 37.8 Å². The number of hydrogen-bond acceptors (Lipinski definition) is 5. The van der Waals surface area contributed by atoms with Crippen molar-refractivity contribution in [3.8, 4) is 5.75 Å². The Hall–Kier alpha value is -1.92. The van der Waals surface area contributed by atoms with Crippen LogP contribution >= 0.6 is 0 Å². The first kappa shape index (κ1) is 18.9. The fraction of sp³-hybridized carbons (Fsp3) is 0.600. The SMILES string of the molecule is CCOc1ccc(N2C(=O)CC(NCCN3CCC(C)CC3)C2=O)cc1. The highest BCUT2D eigenvalue weighted by molar-refractivity contribution is 6.22. The third-order valence-electron chi connectivity index (χ3n) is 5.25. The van der Waals surface area contributed by atoms with E-state index in [2.05, 4.69) is 17.1 Å². The number of nitrogens with one attached hydrogen (secondary N) is 1. The van der Waals surface area contributed by atoms with Crippen molar-refractivity contribution in [2.24, 2.45) is 5.92 Å². The number of benzene rings is 1. The number of hydrogen-bond donors (Lipinski definition) is 1. The average molecular weight is 359 g/mol. The molecule has 2 aliphatic heterocycles. The molecule has 6 heteroatoms. The van der Waals surface area contributed by atoms with Gasteiger partial charge in [0.2, 0.25) is 5.91 Å². The van der Waals surface area contributed by atoms with Crippen molar-refractivity contribution in [1.29, 1.82) is 0 Å². The van der Waals surface area contributed by atoms with Gasteiger partial charge in [-0.3, -0.25) is 9.59 Å². The molecule has 2 fully saturated rings. The minimum Gasteiger partial charge on any atom is -0.494 e. The van der Waals surface area contributed by atoms with Gasteiger partial charge >= 0.3 is 0 Å². The third-order valence-corrected chi connectivity index (χ3v) is 5.25. The van der Waals surface area contributed by atoms with Crippen molar-refractivity contribution in [2.45, 2.75) is 39.2 Å². The Balaban J connectivity index is 1.51. The molecule has 2 aliphatic rings. The van der Waals surface area contributed by atoms with Gasteiger partial charge in [-0.25, -0.2) is 4.90 Å². The summed E-state index contributed by atoms with van der Waals surface area (Å²) < 4.78 is 5.41. The van der Waals surface area contributed by atoms with Crippen molar-refractivity contribution < 1.29 is 14.3 Å². The van der Waals surface area contributed by atoms with Crippen LogP contribution in [-0.2, 0) is 9.59 Å². The summed E-state index contributed by atoms with van der Waals surface area (Å²) in [6, 6.07) is 6.68. The molecule has 6 nitrogen and oxygen atoms in total. The van der Waals surface area contributed by atoms with Crippen LogP contribution in [0.25, 0.3) is 0 Å². The molecular formula is C20H29N3O3. The van der Waals surface area contributed by atoms with E-state index in [9.17, 15) is 9.59 Å². The van der Waals surface area contributed by atoms with Crippen LogP contribution in [0.4, 0.5) is 5.69 Å². The quantitative estimate of drug-likeness (QED) is 0.755. The number of carbonyl (C=O) groups excluding carboxylic acids is 2. The molecule has 0 radical (unpaired) electrons. The van der Waals surface area contributed by atoms with Crippen molar-refractivity contribution in [2.75, 3.05) is 37.7 Å². The Morgan fingerprint density at radius 1 is 1.15 bits per heavy atom. The van der Waals surface area contributed by atoms with Gasteiger partial charge in [0.25, 0.3) is 5.91 Å². The fourth-order valence-electron chi connectivity index (χ4n) is 3.60. The number of ether oxygens (including phenoxy) is 1. The lowest BCUT2D eigenvalue weighted by atomic mass is 9.99. The maximum atomic E-state index is 12.6. The van der Waals surface area contributed by atoms with E-state index in [-0.39, 0.29) is 18.2 Å². The summed E-state index contributed by atoms with van der Waals surface area (Å²) in [5.74, 6) is 1.24. The van der Waals surface area contributed by atoms with Crippen molar-refractivity contribution in [1.82, 2.24) is 10.2 Å². The van der Waals surface area contributed by atoms with Crippen LogP contribution in [0.1, 0.15) is 33.1 Å². The summed E-state index contributed by atoms with van der Waals surface area (Å²) in [6.07, 6.45) is 2.71. The van der Waals surface area contributed by atoms with E-state index in [1.807, 2.05) is 6.92 Å². The lowest BCUT2D eigenvalue weighted by molar-refractivity contribution is -0.121. The monoisotopic (exact) mass is 359 g/mol. The first-order chi connectivity index (χ1) is 12.6. The lowest BCUT2D eigenvalue weighted by Gasteiger charge is -2.30. The molecule has 1 aromatic rings. The summed E-state index contributed by atoms with van der Waals surface area (Å²) in [6.45, 7) is 8.71. The highest BCUT2D eigenvalue weighted by Gasteiger charge is 2.39. The van der Waals surface area contributed by atoms with Gasteiger partial charge in [-0.15, -0.1) is 0 Å². The van der Waals surface area contributed by atoms with Gasteiger partial charge in [-0.05, 0) is 63.0 Å². The number of imide groups is 1. The van der Waals surface area contributed by atoms with E-state index in [1.54, 1.807) is 24.3 Å². The molecular weight excluding hydrogens is 330 g/mol. The van der Waals surface area contributed by atoms with Crippen molar-refractivity contribution >= 4 is 17.5 Å². The summed E-state index contributed by atoms with van der Waals surface area (Å²) in [5, 5.41) is 3.27. The number of piperidine rings is 1. The van der Waals surface area contributed by atoms with Gasteiger partial charge in [-0.1, -0.05) is 6.92 Å². The summed E-state index contributed by atoms with van der Waals surface area (Å²) in [5.41, 5.74) is 0.609. The number of rotatable bonds is 7. The largest absolute Gasteiger partial charge is 0.494 e. The Morgan fingerprint density at radius 3 is 2.50 bits per heavy atom. The minimum absolute atomic E-state index is 0.150. The highest BCUT2D eigenvalue weighted by Crippen LogP contribution is 2.25. The fourth-order valence-corrected chi connectivity index (χ4v) is 3.60. The standard InChI is InChI=1S/C20H29N3O3/c1-3-26-17-6-4-16(5-7-17)23-19(24)14-18(20(23)25)21-10-13-22-11-8-15(2)9-12-22/h4-7,15,18,21H,3,8-14H2,1-2H3. The van der Waals surface area contributed by atoms with Crippen LogP contribution in [0.15, 0.2) is 24.3 Å². The number of amides is 2. The first-order valence-corrected chi connectivity index (χ1v) is 9.64. The first-order valence-electron chi connectivity index (χ1n) is 9.64. The van der Waals surface area contributed by atoms with Gasteiger partial charge < -0.3 is 15.0 Å². The zero-order valence-electron chi connectivity index (χ0n) is 15.7. The molecule has 0 aromatic heterocycles. The van der Waals surface area contributed by atoms with E-state index >= 15 is 0 Å². The highest BCUT2D eigenvalue weighted by atomic mass is 16.5. The Kier molecular flexibility index (Phi) is 6.27. The predicted octanol–water partition coefficient (Wildman–Crippen LogP) is 2.04. The molecule has 0 aliphatic carbocycles. The minimum atomic E-state index is -0.419. The molecule has 2 saturated heterocycles. The molecule has 1 atom stereocenters. The molecule has 2 heterocycles. The normalized spacial score (nSPS) is 22.2. The lowest BCUT2D eigenvalue weighted by Crippen LogP contribution is -2.43. The summed E-state index contributed by atoms with van der Waals surface area (Å²) in [7, 11) is 0. The summed E-state index contributed by atoms with van der Waals surface area (Å²) >= 11 is 0. The van der Waals surface area contributed by atoms with E-state index in [1.165, 1.54) is 17.7 Å². The van der Waals surface area contributed by atoms with Gasteiger partial charge in [0, 0.05) is 13.1 Å². The molecule has 0 spiro atoms. The van der Waals surface area contributed by atoms with Crippen LogP contribution in [0, 0.1) is 5.92 Å². The zero-order valence-corrected chi connectivity index (χ0v) is 15.7. The summed E-state index contributed by atoms with van der Waals surface area (Å²) in [4.78, 5) is 28.7. The molecule has 142 valence electrons. The molecule has 1 N–H and O–H groups in total. The molecule has 0 saturated carbocycles. The van der Waals surface area contributed by atoms with Crippen molar-refractivity contribution in [3.05, 3.63) is 24.3 Å². The Labute approximate surface area is 155 Å². The number of likely N-dealkylation sites (tertiary alicyclic amines) is 1. The number of nitrogens with zero attached hydrogens (tertiary/aromatic N) is 2. The van der Waals surface area contributed by atoms with Crippen LogP contribution in [0.2, 0.25) is 0 Å². The molecule has 1 aromatic carbocycles. The van der Waals surface area contributed by atoms with E-state index < -0.39 is 6.04 Å². The maximum absolute atomic E-state index is 12.6. The molecule has 3 rings (SSSR count). The zero-order chi connectivity index (χ0) is 18.5. The second kappa shape index (κ2) is 8.64. The van der Waals surface area contributed by atoms with Gasteiger partial charge in [0.05, 0.1) is 24.8 Å². The van der Waals surface area contributed by atoms with Crippen LogP contribution in [-0.4, -0.2) is 55.5 Å². The smallest absolute Gasteiger partial charge is 0.251 e. The Morgan fingerprint density at radius 2 is 1.85 bits per heavy atom. The van der Waals surface area contributed by atoms with E-state index in [0.29, 0.717) is 12.3 Å². The number of carbonyl (C=O) groups is 2. The van der Waals surface area contributed by atoms with Crippen LogP contribution in [0.3, 0.4) is 0 Å². The van der Waals surface area contributed by atoms with E-state index in [4.69, 9.17) is 4.74 Å². The maximum Gasteiger partial charge on any atom is 0.251 e. The van der Waals surface area contributed by atoms with Crippen molar-refractivity contribution in [3.63, 3.8) is 0 Å². The molecule has 0 bridgehead atoms. The topological polar surface area (TPSA) is 61.9 Å². The molecule has 26 heavy (non-hydrogen) atoms. The Bertz CT molecular complexity index is 624. The number of anilines is 1. The molecule has 2 amide bonds. The second-order valence-electron chi connectivity index (χ2n) is 7.23. The second-order valence-corrected chi connectivity index (χ2v) is 7.23. The van der Waals surface area contributed by atoms with Crippen LogP contribution in [0.5, 0.6) is 5.75 Å². The van der Waals surface area contributed by atoms with Crippen LogP contribution < -0.4 is 15.0 Å². The third kappa shape index (κ3) is 4.43.